The third-order valence-corrected chi connectivity index (χ3v) is 4.44. The number of hydrogen-bond acceptors (Lipinski definition) is 4. The topological polar surface area (TPSA) is 76.4 Å². The Kier molecular flexibility index (Phi) is 8.14. The average molecular weight is 470 g/mol. The molecule has 1 aromatic carbocycles. The predicted octanol–water partition coefficient (Wildman–Crippen LogP) is 2.15. The van der Waals surface area contributed by atoms with Crippen LogP contribution in [-0.2, 0) is 25.9 Å². The molecule has 0 aliphatic carbocycles. The number of ether oxygens (including phenoxy) is 1. The van der Waals surface area contributed by atoms with Crippen LogP contribution < -0.4 is 15.4 Å². The minimum Gasteiger partial charge on any atom is -0.497 e. The Hall–Kier alpha value is -1.84. The molecule has 0 saturated carbocycles. The summed E-state index contributed by atoms with van der Waals surface area (Å²) in [5.74, 6) is 3.74. The fraction of sp³-hybridized carbons (Fsp3) is 0.500. The first kappa shape index (κ1) is 20.5. The van der Waals surface area contributed by atoms with Gasteiger partial charge < -0.3 is 19.9 Å². The van der Waals surface area contributed by atoms with E-state index in [9.17, 15) is 0 Å². The van der Waals surface area contributed by atoms with Crippen LogP contribution in [-0.4, -0.2) is 41.4 Å². The van der Waals surface area contributed by atoms with E-state index in [2.05, 4.69) is 42.5 Å². The Morgan fingerprint density at radius 1 is 1.19 bits per heavy atom. The standard InChI is InChI=1S/C18H26N6O.HI/c1-19-18(20-11-10-14-6-8-15(25-2)9-7-14)21-13-17-23-22-16-5-3-4-12-24(16)17;/h6-9H,3-5,10-13H2,1-2H3,(H2,19,20,21);1H. The Morgan fingerprint density at radius 2 is 2.00 bits per heavy atom. The van der Waals surface area contributed by atoms with Crippen molar-refractivity contribution < 1.29 is 4.74 Å². The summed E-state index contributed by atoms with van der Waals surface area (Å²) in [6.07, 6.45) is 4.36. The molecule has 0 saturated heterocycles. The molecule has 2 N–H and O–H groups in total. The van der Waals surface area contributed by atoms with Crippen LogP contribution in [0.1, 0.15) is 30.1 Å². The fourth-order valence-electron chi connectivity index (χ4n) is 3.00. The normalized spacial score (nSPS) is 13.5. The van der Waals surface area contributed by atoms with Gasteiger partial charge >= 0.3 is 0 Å². The monoisotopic (exact) mass is 470 g/mol. The first-order valence-corrected chi connectivity index (χ1v) is 8.78. The number of nitrogens with one attached hydrogen (secondary N) is 2. The van der Waals surface area contributed by atoms with Crippen molar-refractivity contribution in [1.82, 2.24) is 25.4 Å². The molecule has 0 radical (unpaired) electrons. The van der Waals surface area contributed by atoms with Crippen LogP contribution in [0.25, 0.3) is 0 Å². The number of fused-ring (bicyclic) bond motifs is 1. The van der Waals surface area contributed by atoms with E-state index in [-0.39, 0.29) is 24.0 Å². The SMILES string of the molecule is CN=C(NCCc1ccc(OC)cc1)NCc1nnc2n1CCCC2.I. The van der Waals surface area contributed by atoms with Crippen molar-refractivity contribution in [2.45, 2.75) is 38.8 Å². The van der Waals surface area contributed by atoms with E-state index in [1.165, 1.54) is 18.4 Å². The molecule has 0 atom stereocenters. The van der Waals surface area contributed by atoms with Gasteiger partial charge in [-0.2, -0.15) is 0 Å². The van der Waals surface area contributed by atoms with Crippen molar-refractivity contribution >= 4 is 29.9 Å². The van der Waals surface area contributed by atoms with Gasteiger partial charge in [-0.15, -0.1) is 34.2 Å². The maximum Gasteiger partial charge on any atom is 0.191 e. The van der Waals surface area contributed by atoms with Gasteiger partial charge in [0.25, 0.3) is 0 Å². The van der Waals surface area contributed by atoms with E-state index >= 15 is 0 Å². The lowest BCUT2D eigenvalue weighted by atomic mass is 10.1. The molecule has 0 fully saturated rings. The molecule has 7 nitrogen and oxygen atoms in total. The summed E-state index contributed by atoms with van der Waals surface area (Å²) in [5.41, 5.74) is 1.26. The van der Waals surface area contributed by atoms with Crippen LogP contribution >= 0.6 is 24.0 Å². The average Bonchev–Trinajstić information content (AvgIpc) is 3.08. The molecular formula is C18H27IN6O. The Labute approximate surface area is 171 Å². The summed E-state index contributed by atoms with van der Waals surface area (Å²) in [7, 11) is 3.46. The van der Waals surface area contributed by atoms with E-state index in [0.717, 1.165) is 49.3 Å². The molecule has 0 amide bonds. The lowest BCUT2D eigenvalue weighted by Crippen LogP contribution is -2.38. The molecule has 0 unspecified atom stereocenters. The number of benzene rings is 1. The molecule has 1 aliphatic heterocycles. The van der Waals surface area contributed by atoms with Crippen molar-refractivity contribution in [3.05, 3.63) is 41.5 Å². The summed E-state index contributed by atoms with van der Waals surface area (Å²) in [6, 6.07) is 8.13. The van der Waals surface area contributed by atoms with Crippen molar-refractivity contribution in [2.75, 3.05) is 20.7 Å². The fourth-order valence-corrected chi connectivity index (χ4v) is 3.00. The Balaban J connectivity index is 0.00000243. The van der Waals surface area contributed by atoms with Gasteiger partial charge in [-0.3, -0.25) is 4.99 Å². The van der Waals surface area contributed by atoms with E-state index in [4.69, 9.17) is 4.74 Å². The Bertz CT molecular complexity index is 713. The molecule has 0 spiro atoms. The first-order chi connectivity index (χ1) is 12.3. The first-order valence-electron chi connectivity index (χ1n) is 8.78. The summed E-state index contributed by atoms with van der Waals surface area (Å²) >= 11 is 0. The minimum atomic E-state index is 0. The summed E-state index contributed by atoms with van der Waals surface area (Å²) in [6.45, 7) is 2.46. The van der Waals surface area contributed by atoms with Gasteiger partial charge in [-0.25, -0.2) is 0 Å². The van der Waals surface area contributed by atoms with Gasteiger partial charge in [0.2, 0.25) is 0 Å². The molecule has 8 heteroatoms. The van der Waals surface area contributed by atoms with Crippen molar-refractivity contribution in [3.63, 3.8) is 0 Å². The van der Waals surface area contributed by atoms with Crippen LogP contribution in [0.2, 0.25) is 0 Å². The maximum absolute atomic E-state index is 5.18. The highest BCUT2D eigenvalue weighted by molar-refractivity contribution is 14.0. The smallest absolute Gasteiger partial charge is 0.191 e. The molecule has 1 aliphatic rings. The number of halogens is 1. The van der Waals surface area contributed by atoms with Crippen molar-refractivity contribution in [3.8, 4) is 5.75 Å². The summed E-state index contributed by atoms with van der Waals surface area (Å²) < 4.78 is 7.40. The molecule has 1 aromatic heterocycles. The van der Waals surface area contributed by atoms with Crippen LogP contribution in [0.5, 0.6) is 5.75 Å². The van der Waals surface area contributed by atoms with Crippen molar-refractivity contribution in [2.24, 2.45) is 4.99 Å². The van der Waals surface area contributed by atoms with Gasteiger partial charge in [-0.1, -0.05) is 12.1 Å². The van der Waals surface area contributed by atoms with E-state index in [1.54, 1.807) is 14.2 Å². The van der Waals surface area contributed by atoms with Crippen LogP contribution in [0.3, 0.4) is 0 Å². The molecule has 3 rings (SSSR count). The number of aryl methyl sites for hydroxylation is 1. The molecule has 0 bridgehead atoms. The second-order valence-corrected chi connectivity index (χ2v) is 6.09. The molecule has 142 valence electrons. The zero-order valence-electron chi connectivity index (χ0n) is 15.4. The van der Waals surface area contributed by atoms with Gasteiger partial charge in [0.15, 0.2) is 11.8 Å². The van der Waals surface area contributed by atoms with E-state index < -0.39 is 0 Å². The molecular weight excluding hydrogens is 443 g/mol. The number of methoxy groups -OCH3 is 1. The lowest BCUT2D eigenvalue weighted by Gasteiger charge is -2.16. The third kappa shape index (κ3) is 5.33. The predicted molar refractivity (Wildman–Crippen MR) is 113 cm³/mol. The van der Waals surface area contributed by atoms with Gasteiger partial charge in [0.05, 0.1) is 13.7 Å². The number of guanidine groups is 1. The number of nitrogens with zero attached hydrogens (tertiary/aromatic N) is 4. The van der Waals surface area contributed by atoms with E-state index in [1.807, 2.05) is 12.1 Å². The molecule has 2 aromatic rings. The third-order valence-electron chi connectivity index (χ3n) is 4.44. The Morgan fingerprint density at radius 3 is 2.73 bits per heavy atom. The van der Waals surface area contributed by atoms with Gasteiger partial charge in [0.1, 0.15) is 11.6 Å². The van der Waals surface area contributed by atoms with Crippen LogP contribution in [0.15, 0.2) is 29.3 Å². The minimum absolute atomic E-state index is 0. The molecule has 2 heterocycles. The second-order valence-electron chi connectivity index (χ2n) is 6.09. The van der Waals surface area contributed by atoms with Gasteiger partial charge in [-0.05, 0) is 37.0 Å². The highest BCUT2D eigenvalue weighted by Crippen LogP contribution is 2.14. The van der Waals surface area contributed by atoms with Gasteiger partial charge in [0, 0.05) is 26.6 Å². The quantitative estimate of drug-likeness (QED) is 0.385. The number of aromatic nitrogens is 3. The highest BCUT2D eigenvalue weighted by atomic mass is 127. The number of rotatable bonds is 6. The zero-order chi connectivity index (χ0) is 17.5. The van der Waals surface area contributed by atoms with Crippen LogP contribution in [0.4, 0.5) is 0 Å². The summed E-state index contributed by atoms with van der Waals surface area (Å²) in [4.78, 5) is 4.28. The van der Waals surface area contributed by atoms with Crippen molar-refractivity contribution in [1.29, 1.82) is 0 Å². The zero-order valence-corrected chi connectivity index (χ0v) is 17.7. The lowest BCUT2D eigenvalue weighted by molar-refractivity contribution is 0.414. The number of hydrogen-bond donors (Lipinski definition) is 2. The van der Waals surface area contributed by atoms with E-state index in [0.29, 0.717) is 6.54 Å². The second kappa shape index (κ2) is 10.3. The summed E-state index contributed by atoms with van der Waals surface area (Å²) in [5, 5.41) is 15.2. The van der Waals surface area contributed by atoms with Crippen LogP contribution in [0, 0.1) is 0 Å². The largest absolute Gasteiger partial charge is 0.497 e. The highest BCUT2D eigenvalue weighted by Gasteiger charge is 2.15. The maximum atomic E-state index is 5.18. The molecule has 26 heavy (non-hydrogen) atoms. The number of aliphatic imine (C=N–C) groups is 1.